The SMILES string of the molecule is Nc1c(N=Nc2ccc(-c3ccc(N=Nc4ccc(NCC(=O)O)c5ccccc45)cc3)cc2)cc(S(=O)(=O)O)c2ccccc12. The molecule has 0 unspecified atom stereocenters. The summed E-state index contributed by atoms with van der Waals surface area (Å²) in [5, 5.41) is 31.6. The fourth-order valence-electron chi connectivity index (χ4n) is 5.01. The predicted octanol–water partition coefficient (Wildman–Crippen LogP) is 8.82. The lowest BCUT2D eigenvalue weighted by Crippen LogP contribution is -2.12. The van der Waals surface area contributed by atoms with Crippen LogP contribution in [0.2, 0.25) is 0 Å². The average molecular weight is 631 g/mol. The van der Waals surface area contributed by atoms with Gasteiger partial charge in [0.15, 0.2) is 0 Å². The minimum atomic E-state index is -4.51. The molecule has 6 rings (SSSR count). The van der Waals surface area contributed by atoms with Crippen molar-refractivity contribution in [3.05, 3.63) is 115 Å². The van der Waals surface area contributed by atoms with E-state index in [1.165, 1.54) is 6.07 Å². The second-order valence-corrected chi connectivity index (χ2v) is 11.6. The molecule has 0 radical (unpaired) electrons. The first-order valence-corrected chi connectivity index (χ1v) is 15.4. The Balaban J connectivity index is 1.18. The Morgan fingerprint density at radius 2 is 1.17 bits per heavy atom. The van der Waals surface area contributed by atoms with E-state index in [1.807, 2.05) is 60.7 Å². The molecule has 0 atom stereocenters. The number of azo groups is 2. The van der Waals surface area contributed by atoms with Gasteiger partial charge in [0.2, 0.25) is 0 Å². The molecule has 0 bridgehead atoms. The van der Waals surface area contributed by atoms with E-state index in [9.17, 15) is 17.8 Å². The number of carbonyl (C=O) groups is 1. The van der Waals surface area contributed by atoms with Gasteiger partial charge < -0.3 is 16.2 Å². The number of hydrogen-bond donors (Lipinski definition) is 4. The molecule has 5 N–H and O–H groups in total. The van der Waals surface area contributed by atoms with Crippen molar-refractivity contribution in [2.24, 2.45) is 20.5 Å². The number of fused-ring (bicyclic) bond motifs is 2. The van der Waals surface area contributed by atoms with Crippen molar-refractivity contribution in [3.8, 4) is 11.1 Å². The van der Waals surface area contributed by atoms with Crippen molar-refractivity contribution in [1.82, 2.24) is 0 Å². The molecule has 11 nitrogen and oxygen atoms in total. The van der Waals surface area contributed by atoms with Gasteiger partial charge in [0.1, 0.15) is 17.1 Å². The van der Waals surface area contributed by atoms with Crippen LogP contribution in [0.3, 0.4) is 0 Å². The molecule has 46 heavy (non-hydrogen) atoms. The largest absolute Gasteiger partial charge is 0.480 e. The number of carboxylic acid groups (broad SMARTS) is 1. The number of carboxylic acids is 1. The normalized spacial score (nSPS) is 11.9. The van der Waals surface area contributed by atoms with Gasteiger partial charge in [-0.2, -0.15) is 18.6 Å². The van der Waals surface area contributed by atoms with Gasteiger partial charge in [-0.15, -0.1) is 10.2 Å². The van der Waals surface area contributed by atoms with Crippen LogP contribution in [0.15, 0.2) is 141 Å². The number of rotatable bonds is 9. The molecule has 228 valence electrons. The van der Waals surface area contributed by atoms with Gasteiger partial charge in [0.25, 0.3) is 10.1 Å². The molecule has 0 aromatic heterocycles. The van der Waals surface area contributed by atoms with E-state index in [4.69, 9.17) is 10.8 Å². The van der Waals surface area contributed by atoms with E-state index >= 15 is 0 Å². The van der Waals surface area contributed by atoms with Crippen molar-refractivity contribution in [1.29, 1.82) is 0 Å². The minimum absolute atomic E-state index is 0.124. The molecule has 6 aromatic rings. The van der Waals surface area contributed by atoms with Crippen molar-refractivity contribution >= 4 is 71.8 Å². The predicted molar refractivity (Wildman–Crippen MR) is 178 cm³/mol. The van der Waals surface area contributed by atoms with Crippen LogP contribution in [-0.2, 0) is 14.9 Å². The molecule has 0 spiro atoms. The molecule has 0 saturated heterocycles. The van der Waals surface area contributed by atoms with Crippen molar-refractivity contribution in [2.45, 2.75) is 4.90 Å². The summed E-state index contributed by atoms with van der Waals surface area (Å²) in [7, 11) is -4.51. The van der Waals surface area contributed by atoms with Crippen molar-refractivity contribution in [2.75, 3.05) is 17.6 Å². The highest BCUT2D eigenvalue weighted by molar-refractivity contribution is 7.86. The minimum Gasteiger partial charge on any atom is -0.480 e. The molecular weight excluding hydrogens is 604 g/mol. The summed E-state index contributed by atoms with van der Waals surface area (Å²) in [6, 6.07) is 33.8. The molecule has 6 aromatic carbocycles. The van der Waals surface area contributed by atoms with Crippen molar-refractivity contribution in [3.63, 3.8) is 0 Å². The molecule has 12 heteroatoms. The fraction of sp³-hybridized carbons (Fsp3) is 0.0294. The first-order valence-electron chi connectivity index (χ1n) is 14.0. The van der Waals surface area contributed by atoms with E-state index in [-0.39, 0.29) is 22.8 Å². The monoisotopic (exact) mass is 630 g/mol. The Kier molecular flexibility index (Phi) is 8.21. The van der Waals surface area contributed by atoms with Crippen LogP contribution in [0.5, 0.6) is 0 Å². The summed E-state index contributed by atoms with van der Waals surface area (Å²) < 4.78 is 33.7. The molecule has 0 fully saturated rings. The number of nitrogens with zero attached hydrogens (tertiary/aromatic N) is 4. The second-order valence-electron chi connectivity index (χ2n) is 10.2. The molecule has 0 amide bonds. The van der Waals surface area contributed by atoms with E-state index < -0.39 is 16.1 Å². The number of anilines is 2. The molecule has 0 saturated carbocycles. The Morgan fingerprint density at radius 3 is 1.74 bits per heavy atom. The summed E-state index contributed by atoms with van der Waals surface area (Å²) in [6.45, 7) is -0.190. The number of aliphatic carboxylic acids is 1. The summed E-state index contributed by atoms with van der Waals surface area (Å²) >= 11 is 0. The maximum absolute atomic E-state index is 12.0. The van der Waals surface area contributed by atoms with Gasteiger partial charge in [-0.1, -0.05) is 72.8 Å². The topological polar surface area (TPSA) is 179 Å². The van der Waals surface area contributed by atoms with Crippen LogP contribution in [0, 0.1) is 0 Å². The molecule has 0 aliphatic heterocycles. The second kappa shape index (κ2) is 12.6. The lowest BCUT2D eigenvalue weighted by Gasteiger charge is -2.09. The zero-order valence-electron chi connectivity index (χ0n) is 24.1. The van der Waals surface area contributed by atoms with Gasteiger partial charge >= 0.3 is 5.97 Å². The van der Waals surface area contributed by atoms with Crippen molar-refractivity contribution < 1.29 is 22.9 Å². The number of nitrogen functional groups attached to an aromatic ring is 1. The zero-order valence-corrected chi connectivity index (χ0v) is 24.9. The summed E-state index contributed by atoms with van der Waals surface area (Å²) in [4.78, 5) is 10.7. The fourth-order valence-corrected chi connectivity index (χ4v) is 5.72. The van der Waals surface area contributed by atoms with Gasteiger partial charge in [-0.25, -0.2) is 0 Å². The first-order chi connectivity index (χ1) is 22.2. The number of hydrogen-bond acceptors (Lipinski definition) is 9. The van der Waals surface area contributed by atoms with E-state index in [1.54, 1.807) is 48.5 Å². The lowest BCUT2D eigenvalue weighted by molar-refractivity contribution is -0.134. The Morgan fingerprint density at radius 1 is 0.652 bits per heavy atom. The van der Waals surface area contributed by atoms with E-state index in [0.29, 0.717) is 33.5 Å². The third-order valence-corrected chi connectivity index (χ3v) is 8.14. The molecular formula is C34H26N6O5S. The highest BCUT2D eigenvalue weighted by Crippen LogP contribution is 2.37. The maximum atomic E-state index is 12.0. The third-order valence-electron chi connectivity index (χ3n) is 7.25. The Hall–Kier alpha value is -5.98. The van der Waals surface area contributed by atoms with Crippen LogP contribution < -0.4 is 11.1 Å². The maximum Gasteiger partial charge on any atom is 0.322 e. The summed E-state index contributed by atoms with van der Waals surface area (Å²) in [5.41, 5.74) is 11.0. The van der Waals surface area contributed by atoms with Gasteiger partial charge in [-0.05, 0) is 53.6 Å². The third kappa shape index (κ3) is 6.43. The Labute approximate surface area is 263 Å². The summed E-state index contributed by atoms with van der Waals surface area (Å²) in [6.07, 6.45) is 0. The van der Waals surface area contributed by atoms with Crippen LogP contribution in [0.25, 0.3) is 32.7 Å². The number of nitrogens with two attached hydrogens (primary N) is 1. The molecule has 0 aliphatic carbocycles. The van der Waals surface area contributed by atoms with Crippen LogP contribution in [0.1, 0.15) is 0 Å². The number of benzene rings is 6. The van der Waals surface area contributed by atoms with Gasteiger partial charge in [-0.3, -0.25) is 9.35 Å². The highest BCUT2D eigenvalue weighted by Gasteiger charge is 2.18. The molecule has 0 heterocycles. The first kappa shape index (κ1) is 30.1. The zero-order chi connectivity index (χ0) is 32.3. The lowest BCUT2D eigenvalue weighted by atomic mass is 10.1. The van der Waals surface area contributed by atoms with Gasteiger partial charge in [0, 0.05) is 27.2 Å². The number of nitrogens with one attached hydrogen (secondary N) is 1. The van der Waals surface area contributed by atoms with E-state index in [0.717, 1.165) is 21.9 Å². The van der Waals surface area contributed by atoms with Gasteiger partial charge in [0.05, 0.1) is 22.7 Å². The standard InChI is InChI=1S/C34H26N6O5S/c35-34-28-8-4-3-7-27(28)32(46(43,44)45)19-31(34)40-38-24-15-11-22(12-16-24)21-9-13-23(14-10-21)37-39-30-18-17-29(36-20-33(41)42)25-5-1-2-6-26(25)30/h1-19,36H,20,35H2,(H,41,42)(H,43,44,45). The average Bonchev–Trinajstić information content (AvgIpc) is 3.06. The molecule has 0 aliphatic rings. The highest BCUT2D eigenvalue weighted by atomic mass is 32.2. The van der Waals surface area contributed by atoms with Crippen LogP contribution >= 0.6 is 0 Å². The Bertz CT molecular complexity index is 2270. The van der Waals surface area contributed by atoms with Crippen LogP contribution in [0.4, 0.5) is 34.1 Å². The van der Waals surface area contributed by atoms with E-state index in [2.05, 4.69) is 25.8 Å². The van der Waals surface area contributed by atoms with Crippen LogP contribution in [-0.4, -0.2) is 30.6 Å². The quantitative estimate of drug-likeness (QED) is 0.0699. The smallest absolute Gasteiger partial charge is 0.322 e. The summed E-state index contributed by atoms with van der Waals surface area (Å²) in [5.74, 6) is -0.945.